The highest BCUT2D eigenvalue weighted by molar-refractivity contribution is 6.31. The fourth-order valence-electron chi connectivity index (χ4n) is 1.92. The van der Waals surface area contributed by atoms with Crippen LogP contribution in [0.3, 0.4) is 0 Å². The molecule has 0 saturated carbocycles. The Balaban J connectivity index is 2.11. The molecule has 0 atom stereocenters. The highest BCUT2D eigenvalue weighted by Gasteiger charge is 2.16. The normalized spacial score (nSPS) is 10.2. The number of nitrogens with one attached hydrogen (secondary N) is 1. The van der Waals surface area contributed by atoms with E-state index >= 15 is 0 Å². The van der Waals surface area contributed by atoms with Crippen LogP contribution in [0.5, 0.6) is 5.75 Å². The van der Waals surface area contributed by atoms with Gasteiger partial charge in [0.2, 0.25) is 0 Å². The number of benzene rings is 2. The van der Waals surface area contributed by atoms with E-state index in [1.165, 1.54) is 6.07 Å². The Kier molecular flexibility index (Phi) is 5.00. The van der Waals surface area contributed by atoms with Crippen molar-refractivity contribution in [2.45, 2.75) is 13.5 Å². The summed E-state index contributed by atoms with van der Waals surface area (Å²) in [6, 6.07) is 12.0. The Morgan fingerprint density at radius 2 is 1.95 bits per heavy atom. The Bertz CT molecular complexity index is 629. The summed E-state index contributed by atoms with van der Waals surface area (Å²) in [7, 11) is 0. The minimum absolute atomic E-state index is 0.0148. The largest absolute Gasteiger partial charge is 0.494 e. The van der Waals surface area contributed by atoms with Crippen molar-refractivity contribution in [3.8, 4) is 5.75 Å². The third-order valence-corrected chi connectivity index (χ3v) is 3.28. The summed E-state index contributed by atoms with van der Waals surface area (Å²) in [6.45, 7) is 2.81. The lowest BCUT2D eigenvalue weighted by Crippen LogP contribution is -2.04. The highest BCUT2D eigenvalue weighted by atomic mass is 35.5. The molecule has 2 rings (SSSR count). The monoisotopic (exact) mass is 306 g/mol. The van der Waals surface area contributed by atoms with Gasteiger partial charge in [-0.05, 0) is 37.3 Å². The summed E-state index contributed by atoms with van der Waals surface area (Å²) in [5, 5.41) is 14.5. The van der Waals surface area contributed by atoms with E-state index in [0.29, 0.717) is 17.2 Å². The molecule has 110 valence electrons. The molecule has 0 radical (unpaired) electrons. The SMILES string of the molecule is CCOc1ccc(NCc2c(Cl)cccc2[N+](=O)[O-])cc1. The van der Waals surface area contributed by atoms with Crippen molar-refractivity contribution in [2.75, 3.05) is 11.9 Å². The first kappa shape index (κ1) is 15.1. The molecule has 2 aromatic rings. The summed E-state index contributed by atoms with van der Waals surface area (Å²) in [6.07, 6.45) is 0. The van der Waals surface area contributed by atoms with Gasteiger partial charge in [0.15, 0.2) is 0 Å². The van der Waals surface area contributed by atoms with Crippen LogP contribution in [0.25, 0.3) is 0 Å². The van der Waals surface area contributed by atoms with E-state index in [2.05, 4.69) is 5.32 Å². The van der Waals surface area contributed by atoms with E-state index < -0.39 is 4.92 Å². The number of nitrogens with zero attached hydrogens (tertiary/aromatic N) is 1. The Morgan fingerprint density at radius 1 is 1.24 bits per heavy atom. The quantitative estimate of drug-likeness (QED) is 0.640. The number of hydrogen-bond acceptors (Lipinski definition) is 4. The van der Waals surface area contributed by atoms with E-state index in [-0.39, 0.29) is 12.2 Å². The fraction of sp³-hybridized carbons (Fsp3) is 0.200. The third-order valence-electron chi connectivity index (χ3n) is 2.93. The summed E-state index contributed by atoms with van der Waals surface area (Å²) in [4.78, 5) is 10.6. The molecule has 0 spiro atoms. The molecular formula is C15H15ClN2O3. The molecule has 5 nitrogen and oxygen atoms in total. The molecule has 0 unspecified atom stereocenters. The molecule has 0 saturated heterocycles. The van der Waals surface area contributed by atoms with Gasteiger partial charge in [0.1, 0.15) is 5.75 Å². The zero-order chi connectivity index (χ0) is 15.2. The lowest BCUT2D eigenvalue weighted by molar-refractivity contribution is -0.385. The first-order chi connectivity index (χ1) is 10.1. The average molecular weight is 307 g/mol. The Labute approximate surface area is 127 Å². The van der Waals surface area contributed by atoms with Crippen LogP contribution in [0, 0.1) is 10.1 Å². The third kappa shape index (κ3) is 3.86. The topological polar surface area (TPSA) is 64.4 Å². The van der Waals surface area contributed by atoms with Gasteiger partial charge in [-0.15, -0.1) is 0 Å². The second kappa shape index (κ2) is 6.95. The molecule has 0 aromatic heterocycles. The van der Waals surface area contributed by atoms with Gasteiger partial charge in [0.05, 0.1) is 22.1 Å². The van der Waals surface area contributed by atoms with Gasteiger partial charge >= 0.3 is 0 Å². The van der Waals surface area contributed by atoms with Crippen molar-refractivity contribution in [3.05, 3.63) is 63.2 Å². The number of nitro benzene ring substituents is 1. The number of rotatable bonds is 6. The van der Waals surface area contributed by atoms with E-state index in [1.54, 1.807) is 12.1 Å². The van der Waals surface area contributed by atoms with Crippen molar-refractivity contribution in [1.82, 2.24) is 0 Å². The molecule has 0 aliphatic heterocycles. The van der Waals surface area contributed by atoms with Crippen LogP contribution >= 0.6 is 11.6 Å². The maximum atomic E-state index is 11.0. The summed E-state index contributed by atoms with van der Waals surface area (Å²) < 4.78 is 5.36. The molecule has 2 aromatic carbocycles. The van der Waals surface area contributed by atoms with Crippen LogP contribution in [0.15, 0.2) is 42.5 Å². The van der Waals surface area contributed by atoms with Crippen LogP contribution < -0.4 is 10.1 Å². The summed E-state index contributed by atoms with van der Waals surface area (Å²) >= 11 is 6.04. The van der Waals surface area contributed by atoms with E-state index in [9.17, 15) is 10.1 Å². The van der Waals surface area contributed by atoms with Crippen molar-refractivity contribution < 1.29 is 9.66 Å². The van der Waals surface area contributed by atoms with E-state index in [0.717, 1.165) is 11.4 Å². The molecule has 0 bridgehead atoms. The van der Waals surface area contributed by atoms with Gasteiger partial charge in [-0.2, -0.15) is 0 Å². The second-order valence-corrected chi connectivity index (χ2v) is 4.71. The van der Waals surface area contributed by atoms with Gasteiger partial charge < -0.3 is 10.1 Å². The highest BCUT2D eigenvalue weighted by Crippen LogP contribution is 2.27. The number of nitro groups is 1. The molecule has 0 heterocycles. The smallest absolute Gasteiger partial charge is 0.275 e. The first-order valence-corrected chi connectivity index (χ1v) is 6.88. The zero-order valence-electron chi connectivity index (χ0n) is 11.5. The molecular weight excluding hydrogens is 292 g/mol. The maximum Gasteiger partial charge on any atom is 0.275 e. The van der Waals surface area contributed by atoms with Gasteiger partial charge in [-0.1, -0.05) is 17.7 Å². The predicted octanol–water partition coefficient (Wildman–Crippen LogP) is 4.26. The van der Waals surface area contributed by atoms with Crippen molar-refractivity contribution in [3.63, 3.8) is 0 Å². The van der Waals surface area contributed by atoms with Crippen molar-refractivity contribution in [1.29, 1.82) is 0 Å². The predicted molar refractivity (Wildman–Crippen MR) is 83.0 cm³/mol. The van der Waals surface area contributed by atoms with Crippen LogP contribution in [0.4, 0.5) is 11.4 Å². The maximum absolute atomic E-state index is 11.0. The van der Waals surface area contributed by atoms with Crippen molar-refractivity contribution >= 4 is 23.0 Å². The van der Waals surface area contributed by atoms with E-state index in [4.69, 9.17) is 16.3 Å². The Hall–Kier alpha value is -2.27. The van der Waals surface area contributed by atoms with Gasteiger partial charge in [0.25, 0.3) is 5.69 Å². The minimum atomic E-state index is -0.429. The first-order valence-electron chi connectivity index (χ1n) is 6.50. The van der Waals surface area contributed by atoms with Gasteiger partial charge in [0, 0.05) is 18.3 Å². The molecule has 0 amide bonds. The second-order valence-electron chi connectivity index (χ2n) is 4.31. The lowest BCUT2D eigenvalue weighted by atomic mass is 10.1. The van der Waals surface area contributed by atoms with Crippen LogP contribution in [-0.2, 0) is 6.54 Å². The number of ether oxygens (including phenoxy) is 1. The zero-order valence-corrected chi connectivity index (χ0v) is 12.3. The molecule has 0 aliphatic rings. The van der Waals surface area contributed by atoms with Gasteiger partial charge in [-0.3, -0.25) is 10.1 Å². The summed E-state index contributed by atoms with van der Waals surface area (Å²) in [5.74, 6) is 0.784. The molecule has 6 heteroatoms. The van der Waals surface area contributed by atoms with Crippen molar-refractivity contribution in [2.24, 2.45) is 0 Å². The van der Waals surface area contributed by atoms with Crippen LogP contribution in [0.2, 0.25) is 5.02 Å². The molecule has 21 heavy (non-hydrogen) atoms. The summed E-state index contributed by atoms with van der Waals surface area (Å²) in [5.41, 5.74) is 1.33. The lowest BCUT2D eigenvalue weighted by Gasteiger charge is -2.09. The number of halogens is 1. The fourth-order valence-corrected chi connectivity index (χ4v) is 2.16. The number of hydrogen-bond donors (Lipinski definition) is 1. The van der Waals surface area contributed by atoms with Crippen LogP contribution in [-0.4, -0.2) is 11.5 Å². The molecule has 0 fully saturated rings. The Morgan fingerprint density at radius 3 is 2.57 bits per heavy atom. The molecule has 0 aliphatic carbocycles. The van der Waals surface area contributed by atoms with Crippen LogP contribution in [0.1, 0.15) is 12.5 Å². The van der Waals surface area contributed by atoms with Gasteiger partial charge in [-0.25, -0.2) is 0 Å². The van der Waals surface area contributed by atoms with E-state index in [1.807, 2.05) is 31.2 Å². The number of anilines is 1. The average Bonchev–Trinajstić information content (AvgIpc) is 2.47. The standard InChI is InChI=1S/C15H15ClN2O3/c1-2-21-12-8-6-11(7-9-12)17-10-13-14(16)4-3-5-15(13)18(19)20/h3-9,17H,2,10H2,1H3. The molecule has 1 N–H and O–H groups in total. The minimum Gasteiger partial charge on any atom is -0.494 e.